The van der Waals surface area contributed by atoms with Gasteiger partial charge in [-0.15, -0.1) is 10.2 Å². The molecule has 0 aliphatic heterocycles. The normalized spacial score (nSPS) is 13.7. The summed E-state index contributed by atoms with van der Waals surface area (Å²) >= 11 is 1.43. The molecule has 0 radical (unpaired) electrons. The zero-order chi connectivity index (χ0) is 22.9. The van der Waals surface area contributed by atoms with Crippen molar-refractivity contribution in [3.8, 4) is 0 Å². The summed E-state index contributed by atoms with van der Waals surface area (Å²) in [5.41, 5.74) is 0.883. The van der Waals surface area contributed by atoms with Gasteiger partial charge in [0.25, 0.3) is 5.56 Å². The van der Waals surface area contributed by atoms with Gasteiger partial charge in [0.2, 0.25) is 5.16 Å². The zero-order valence-electron chi connectivity index (χ0n) is 18.4. The molecule has 3 N–H and O–H groups in total. The fourth-order valence-electron chi connectivity index (χ4n) is 3.93. The first kappa shape index (κ1) is 21.5. The molecule has 0 amide bonds. The summed E-state index contributed by atoms with van der Waals surface area (Å²) in [5.74, 6) is 8.57. The molecule has 0 unspecified atom stereocenters. The highest BCUT2D eigenvalue weighted by molar-refractivity contribution is 7.98. The molecule has 4 aromatic rings. The number of imidazole rings is 1. The van der Waals surface area contributed by atoms with Crippen LogP contribution in [0.25, 0.3) is 11.2 Å². The molecular weight excluding hydrogens is 440 g/mol. The van der Waals surface area contributed by atoms with Gasteiger partial charge in [-0.2, -0.15) is 0 Å². The topological polar surface area (TPSA) is 129 Å². The van der Waals surface area contributed by atoms with Crippen molar-refractivity contribution in [2.75, 3.05) is 5.84 Å². The number of aryl methyl sites for hydroxylation is 1. The number of hydrogen-bond donors (Lipinski definition) is 2. The fourth-order valence-corrected chi connectivity index (χ4v) is 4.74. The molecule has 1 fully saturated rings. The highest BCUT2D eigenvalue weighted by atomic mass is 32.2. The van der Waals surface area contributed by atoms with E-state index in [0.29, 0.717) is 46.9 Å². The number of nitrogen functional groups attached to an aromatic ring is 1. The minimum Gasteiger partial charge on any atom is -0.336 e. The molecular formula is C22H26N8O2S. The van der Waals surface area contributed by atoms with Crippen molar-refractivity contribution in [3.63, 3.8) is 0 Å². The molecule has 3 aromatic heterocycles. The molecule has 0 bridgehead atoms. The molecule has 10 nitrogen and oxygen atoms in total. The smallest absolute Gasteiger partial charge is 0.330 e. The van der Waals surface area contributed by atoms with Crippen molar-refractivity contribution in [1.82, 2.24) is 34.0 Å². The number of H-pyrrole nitrogens is 1. The lowest BCUT2D eigenvalue weighted by atomic mass is 10.2. The fraction of sp³-hybridized carbons (Fsp3) is 0.409. The number of nitrogens with zero attached hydrogens (tertiary/aromatic N) is 6. The van der Waals surface area contributed by atoms with Crippen LogP contribution in [-0.2, 0) is 18.8 Å². The van der Waals surface area contributed by atoms with E-state index >= 15 is 0 Å². The Morgan fingerprint density at radius 2 is 1.94 bits per heavy atom. The highest BCUT2D eigenvalue weighted by Crippen LogP contribution is 2.39. The van der Waals surface area contributed by atoms with Crippen LogP contribution >= 0.6 is 11.8 Å². The van der Waals surface area contributed by atoms with Gasteiger partial charge in [0.1, 0.15) is 5.82 Å². The Labute approximate surface area is 193 Å². The summed E-state index contributed by atoms with van der Waals surface area (Å²) in [6.45, 7) is 3.06. The van der Waals surface area contributed by atoms with Crippen LogP contribution in [0.4, 0.5) is 0 Å². The van der Waals surface area contributed by atoms with Gasteiger partial charge in [0.05, 0.1) is 12.3 Å². The average molecular weight is 467 g/mol. The third-order valence-corrected chi connectivity index (χ3v) is 6.79. The van der Waals surface area contributed by atoms with Crippen LogP contribution in [-0.4, -0.2) is 34.0 Å². The molecule has 5 rings (SSSR count). The van der Waals surface area contributed by atoms with Crippen molar-refractivity contribution < 1.29 is 0 Å². The number of aromatic amines is 1. The molecule has 11 heteroatoms. The Kier molecular flexibility index (Phi) is 5.79. The molecule has 0 atom stereocenters. The summed E-state index contributed by atoms with van der Waals surface area (Å²) < 4.78 is 5.00. The Morgan fingerprint density at radius 3 is 2.67 bits per heavy atom. The summed E-state index contributed by atoms with van der Waals surface area (Å²) in [4.78, 5) is 32.8. The molecule has 1 aliphatic carbocycles. The summed E-state index contributed by atoms with van der Waals surface area (Å²) in [6, 6.07) is 9.65. The Hall–Kier alpha value is -3.34. The van der Waals surface area contributed by atoms with Crippen LogP contribution in [0.5, 0.6) is 0 Å². The number of nitrogens with one attached hydrogen (secondary N) is 1. The summed E-state index contributed by atoms with van der Waals surface area (Å²) in [6.07, 6.45) is 4.04. The maximum Gasteiger partial charge on any atom is 0.330 e. The first-order valence-electron chi connectivity index (χ1n) is 11.2. The van der Waals surface area contributed by atoms with Crippen LogP contribution in [0.3, 0.4) is 0 Å². The Balaban J connectivity index is 1.54. The van der Waals surface area contributed by atoms with Gasteiger partial charge in [0.15, 0.2) is 17.0 Å². The second-order valence-corrected chi connectivity index (χ2v) is 9.25. The second kappa shape index (κ2) is 8.89. The third-order valence-electron chi connectivity index (χ3n) is 5.85. The number of nitrogens with two attached hydrogens (primary N) is 1. The van der Waals surface area contributed by atoms with E-state index in [9.17, 15) is 9.59 Å². The number of hydrogen-bond acceptors (Lipinski definition) is 7. The van der Waals surface area contributed by atoms with Gasteiger partial charge in [-0.1, -0.05) is 55.4 Å². The molecule has 1 aliphatic rings. The lowest BCUT2D eigenvalue weighted by molar-refractivity contribution is 0.626. The predicted molar refractivity (Wildman–Crippen MR) is 127 cm³/mol. The predicted octanol–water partition coefficient (Wildman–Crippen LogP) is 2.21. The number of aromatic nitrogens is 7. The van der Waals surface area contributed by atoms with Gasteiger partial charge in [0, 0.05) is 12.5 Å². The van der Waals surface area contributed by atoms with Crippen LogP contribution in [0.1, 0.15) is 55.7 Å². The van der Waals surface area contributed by atoms with E-state index in [1.165, 1.54) is 16.3 Å². The number of thioether (sulfide) groups is 1. The second-order valence-electron chi connectivity index (χ2n) is 8.31. The minimum atomic E-state index is -0.466. The first-order valence-corrected chi connectivity index (χ1v) is 12.1. The first-order chi connectivity index (χ1) is 16.1. The molecule has 1 aromatic carbocycles. The van der Waals surface area contributed by atoms with Gasteiger partial charge in [-0.3, -0.25) is 14.3 Å². The molecule has 0 saturated heterocycles. The minimum absolute atomic E-state index is 0.326. The quantitative estimate of drug-likeness (QED) is 0.286. The number of rotatable bonds is 9. The number of fused-ring (bicyclic) bond motifs is 1. The van der Waals surface area contributed by atoms with Gasteiger partial charge < -0.3 is 10.4 Å². The van der Waals surface area contributed by atoms with Crippen molar-refractivity contribution in [2.24, 2.45) is 0 Å². The molecule has 1 saturated carbocycles. The van der Waals surface area contributed by atoms with Crippen LogP contribution in [0, 0.1) is 0 Å². The van der Waals surface area contributed by atoms with Crippen molar-refractivity contribution in [3.05, 3.63) is 68.4 Å². The maximum absolute atomic E-state index is 12.8. The molecule has 33 heavy (non-hydrogen) atoms. The van der Waals surface area contributed by atoms with Crippen molar-refractivity contribution in [1.29, 1.82) is 0 Å². The summed E-state index contributed by atoms with van der Waals surface area (Å²) in [7, 11) is 0. The average Bonchev–Trinajstić information content (AvgIpc) is 3.49. The molecule has 0 spiro atoms. The van der Waals surface area contributed by atoms with Gasteiger partial charge in [-0.05, 0) is 24.8 Å². The van der Waals surface area contributed by atoms with E-state index in [4.69, 9.17) is 10.8 Å². The van der Waals surface area contributed by atoms with Gasteiger partial charge in [-0.25, -0.2) is 14.5 Å². The zero-order valence-corrected chi connectivity index (χ0v) is 19.2. The van der Waals surface area contributed by atoms with Crippen LogP contribution in [0.15, 0.2) is 45.1 Å². The van der Waals surface area contributed by atoms with Gasteiger partial charge >= 0.3 is 5.69 Å². The highest BCUT2D eigenvalue weighted by Gasteiger charge is 2.30. The van der Waals surface area contributed by atoms with E-state index in [1.54, 1.807) is 4.68 Å². The van der Waals surface area contributed by atoms with Crippen LogP contribution < -0.4 is 17.1 Å². The van der Waals surface area contributed by atoms with E-state index in [-0.39, 0.29) is 0 Å². The lowest BCUT2D eigenvalue weighted by Crippen LogP contribution is -2.31. The van der Waals surface area contributed by atoms with E-state index in [0.717, 1.165) is 37.1 Å². The largest absolute Gasteiger partial charge is 0.336 e. The Morgan fingerprint density at radius 1 is 1.15 bits per heavy atom. The van der Waals surface area contributed by atoms with E-state index in [2.05, 4.69) is 22.1 Å². The third kappa shape index (κ3) is 4.20. The van der Waals surface area contributed by atoms with E-state index < -0.39 is 11.2 Å². The number of unbranched alkanes of at least 4 members (excludes halogenated alkanes) is 1. The summed E-state index contributed by atoms with van der Waals surface area (Å²) in [5, 5.41) is 9.08. The van der Waals surface area contributed by atoms with Crippen molar-refractivity contribution in [2.45, 2.75) is 62.5 Å². The molecule has 3 heterocycles. The maximum atomic E-state index is 12.8. The Bertz CT molecular complexity index is 1400. The monoisotopic (exact) mass is 466 g/mol. The van der Waals surface area contributed by atoms with Crippen molar-refractivity contribution >= 4 is 22.9 Å². The lowest BCUT2D eigenvalue weighted by Gasteiger charge is -2.09. The SMILES string of the molecule is CCCCn1c(CSc2nnc(C3CC3)n2N)nc2c1c(=O)[nH]c(=O)n2Cc1ccccc1. The molecule has 172 valence electrons. The van der Waals surface area contributed by atoms with Crippen LogP contribution in [0.2, 0.25) is 0 Å². The standard InChI is InChI=1S/C22H26N8O2S/c1-2-3-11-28-16(13-33-22-27-26-18(30(22)23)15-9-10-15)24-19-17(28)20(31)25-21(32)29(19)12-14-7-5-4-6-8-14/h4-8,15H,2-3,9-13,23H2,1H3,(H,25,31,32). The van der Waals surface area contributed by atoms with E-state index in [1.807, 2.05) is 34.9 Å². The number of benzene rings is 1.